The number of hydrogen-bond donors (Lipinski definition) is 0. The molecule has 1 aliphatic heterocycles. The number of piperidine rings is 1. The highest BCUT2D eigenvalue weighted by Gasteiger charge is 2.16. The molecule has 1 atom stereocenters. The van der Waals surface area contributed by atoms with Crippen molar-refractivity contribution in [3.05, 3.63) is 12.2 Å². The van der Waals surface area contributed by atoms with E-state index in [-0.39, 0.29) is 0 Å². The van der Waals surface area contributed by atoms with E-state index < -0.39 is 0 Å². The van der Waals surface area contributed by atoms with Crippen molar-refractivity contribution in [1.82, 2.24) is 4.90 Å². The van der Waals surface area contributed by atoms with Crippen LogP contribution < -0.4 is 0 Å². The Hall–Kier alpha value is 0.400. The number of nitrogens with zero attached hydrogens (tertiary/aromatic N) is 1. The van der Waals surface area contributed by atoms with Gasteiger partial charge in [-0.25, -0.2) is 0 Å². The summed E-state index contributed by atoms with van der Waals surface area (Å²) in [5, 5.41) is 0.855. The zero-order valence-corrected chi connectivity index (χ0v) is 24.3. The van der Waals surface area contributed by atoms with Gasteiger partial charge in [0.25, 0.3) is 0 Å². The minimum Gasteiger partial charge on any atom is -0.302 e. The molecule has 0 bridgehead atoms. The third-order valence-corrected chi connectivity index (χ3v) is 9.60. The Kier molecular flexibility index (Phi) is 24.3. The van der Waals surface area contributed by atoms with Crippen molar-refractivity contribution in [2.45, 2.75) is 141 Å². The Balaban J connectivity index is 1.90. The molecule has 3 heteroatoms. The fraction of sp³-hybridized carbons (Fsp3) is 0.933. The molecular weight excluding hydrogens is 438 g/mol. The van der Waals surface area contributed by atoms with E-state index in [4.69, 9.17) is 0 Å². The summed E-state index contributed by atoms with van der Waals surface area (Å²) in [7, 11) is 0. The van der Waals surface area contributed by atoms with E-state index in [9.17, 15) is 0 Å². The van der Waals surface area contributed by atoms with E-state index in [1.807, 2.05) is 0 Å². The number of unbranched alkanes of at least 4 members (excludes halogenated alkanes) is 13. The molecule has 0 N–H and O–H groups in total. The molecule has 0 aromatic heterocycles. The highest BCUT2D eigenvalue weighted by atomic mass is 32.2. The van der Waals surface area contributed by atoms with Crippen LogP contribution in [-0.4, -0.2) is 47.0 Å². The lowest BCUT2D eigenvalue weighted by atomic mass is 10.1. The first-order valence-electron chi connectivity index (χ1n) is 14.9. The van der Waals surface area contributed by atoms with Crippen LogP contribution in [0.2, 0.25) is 0 Å². The summed E-state index contributed by atoms with van der Waals surface area (Å²) in [5.41, 5.74) is 0. The van der Waals surface area contributed by atoms with Gasteiger partial charge in [0.05, 0.1) is 0 Å². The van der Waals surface area contributed by atoms with Crippen LogP contribution in [0.5, 0.6) is 0 Å². The molecule has 1 fully saturated rings. The normalized spacial score (nSPS) is 16.1. The predicted molar refractivity (Wildman–Crippen MR) is 158 cm³/mol. The molecule has 0 aromatic rings. The quantitative estimate of drug-likeness (QED) is 0.0964. The Morgan fingerprint density at radius 2 is 1.21 bits per heavy atom. The van der Waals surface area contributed by atoms with Crippen LogP contribution in [0.25, 0.3) is 0 Å². The van der Waals surface area contributed by atoms with E-state index in [1.165, 1.54) is 159 Å². The summed E-state index contributed by atoms with van der Waals surface area (Å²) in [4.78, 5) is 2.75. The van der Waals surface area contributed by atoms with Crippen LogP contribution >= 0.6 is 23.5 Å². The minimum absolute atomic E-state index is 0.855. The molecule has 1 unspecified atom stereocenters. The van der Waals surface area contributed by atoms with Gasteiger partial charge in [0.1, 0.15) is 0 Å². The van der Waals surface area contributed by atoms with E-state index in [2.05, 4.69) is 54.4 Å². The number of hydrogen-bond acceptors (Lipinski definition) is 3. The van der Waals surface area contributed by atoms with Crippen LogP contribution in [0.3, 0.4) is 0 Å². The van der Waals surface area contributed by atoms with Gasteiger partial charge in [0.2, 0.25) is 0 Å². The van der Waals surface area contributed by atoms with Gasteiger partial charge in [0, 0.05) is 17.5 Å². The summed E-state index contributed by atoms with van der Waals surface area (Å²) < 4.78 is 0. The van der Waals surface area contributed by atoms with Crippen molar-refractivity contribution >= 4 is 23.5 Å². The van der Waals surface area contributed by atoms with Crippen molar-refractivity contribution in [2.75, 3.05) is 36.9 Å². The molecule has 196 valence electrons. The third-order valence-electron chi connectivity index (χ3n) is 6.87. The first kappa shape index (κ1) is 31.4. The summed E-state index contributed by atoms with van der Waals surface area (Å²) in [6.07, 6.45) is 31.6. The molecule has 0 amide bonds. The second-order valence-electron chi connectivity index (χ2n) is 10.2. The summed E-state index contributed by atoms with van der Waals surface area (Å²) in [5.74, 6) is 4.12. The van der Waals surface area contributed by atoms with Gasteiger partial charge >= 0.3 is 0 Å². The molecule has 1 heterocycles. The zero-order valence-electron chi connectivity index (χ0n) is 22.7. The Morgan fingerprint density at radius 3 is 1.85 bits per heavy atom. The largest absolute Gasteiger partial charge is 0.302 e. The summed E-state index contributed by atoms with van der Waals surface area (Å²) in [6, 6.07) is 0. The van der Waals surface area contributed by atoms with Crippen molar-refractivity contribution < 1.29 is 0 Å². The molecule has 33 heavy (non-hydrogen) atoms. The Labute approximate surface area is 218 Å². The SMILES string of the molecule is CCCCCCCC/C=C\CCCCCCCCSCC(CN1CCCCC1)SCCCC. The molecule has 0 aliphatic carbocycles. The lowest BCUT2D eigenvalue weighted by molar-refractivity contribution is 0.232. The fourth-order valence-electron chi connectivity index (χ4n) is 4.64. The molecule has 0 radical (unpaired) electrons. The second kappa shape index (κ2) is 25.5. The van der Waals surface area contributed by atoms with Gasteiger partial charge in [-0.1, -0.05) is 96.6 Å². The first-order chi connectivity index (χ1) is 16.4. The Bertz CT molecular complexity index is 406. The second-order valence-corrected chi connectivity index (χ2v) is 12.8. The maximum Gasteiger partial charge on any atom is 0.0265 e. The average molecular weight is 498 g/mol. The fourth-order valence-corrected chi connectivity index (χ4v) is 7.37. The third kappa shape index (κ3) is 21.4. The summed E-state index contributed by atoms with van der Waals surface area (Å²) in [6.45, 7) is 8.66. The molecule has 1 nitrogen and oxygen atoms in total. The maximum atomic E-state index is 2.75. The molecule has 0 aromatic carbocycles. The van der Waals surface area contributed by atoms with Crippen LogP contribution in [-0.2, 0) is 0 Å². The standard InChI is InChI=1S/C30H59NS2/c1-3-5-7-8-9-10-11-12-13-14-15-16-17-18-19-23-26-32-29-30(33-27-6-4-2)28-31-24-21-20-22-25-31/h12-13,30H,3-11,14-29H2,1-2H3/b13-12-. The van der Waals surface area contributed by atoms with Crippen molar-refractivity contribution in [2.24, 2.45) is 0 Å². The van der Waals surface area contributed by atoms with Crippen molar-refractivity contribution in [1.29, 1.82) is 0 Å². The molecule has 1 aliphatic rings. The molecular formula is C30H59NS2. The number of allylic oxidation sites excluding steroid dienone is 2. The lowest BCUT2D eigenvalue weighted by Crippen LogP contribution is -2.36. The number of thioether (sulfide) groups is 2. The maximum absolute atomic E-state index is 2.75. The number of rotatable bonds is 24. The van der Waals surface area contributed by atoms with Crippen LogP contribution in [0, 0.1) is 0 Å². The van der Waals surface area contributed by atoms with E-state index >= 15 is 0 Å². The van der Waals surface area contributed by atoms with Gasteiger partial charge in [-0.2, -0.15) is 23.5 Å². The lowest BCUT2D eigenvalue weighted by Gasteiger charge is -2.30. The van der Waals surface area contributed by atoms with Crippen LogP contribution in [0.15, 0.2) is 12.2 Å². The summed E-state index contributed by atoms with van der Waals surface area (Å²) >= 11 is 4.50. The predicted octanol–water partition coefficient (Wildman–Crippen LogP) is 10.1. The van der Waals surface area contributed by atoms with E-state index in [0.717, 1.165) is 5.25 Å². The highest BCUT2D eigenvalue weighted by Crippen LogP contribution is 2.22. The van der Waals surface area contributed by atoms with Crippen molar-refractivity contribution in [3.63, 3.8) is 0 Å². The van der Waals surface area contributed by atoms with Gasteiger partial charge < -0.3 is 4.90 Å². The number of likely N-dealkylation sites (tertiary alicyclic amines) is 1. The Morgan fingerprint density at radius 1 is 0.636 bits per heavy atom. The van der Waals surface area contributed by atoms with Gasteiger partial charge in [-0.3, -0.25) is 0 Å². The zero-order chi connectivity index (χ0) is 23.7. The van der Waals surface area contributed by atoms with Gasteiger partial charge in [0.15, 0.2) is 0 Å². The van der Waals surface area contributed by atoms with Crippen molar-refractivity contribution in [3.8, 4) is 0 Å². The molecule has 0 saturated carbocycles. The molecule has 1 saturated heterocycles. The van der Waals surface area contributed by atoms with Crippen LogP contribution in [0.4, 0.5) is 0 Å². The van der Waals surface area contributed by atoms with Crippen LogP contribution in [0.1, 0.15) is 136 Å². The average Bonchev–Trinajstić information content (AvgIpc) is 2.84. The van der Waals surface area contributed by atoms with Gasteiger partial charge in [-0.15, -0.1) is 0 Å². The highest BCUT2D eigenvalue weighted by molar-refractivity contribution is 8.03. The molecule has 0 spiro atoms. The first-order valence-corrected chi connectivity index (χ1v) is 17.1. The molecule has 1 rings (SSSR count). The topological polar surface area (TPSA) is 3.24 Å². The minimum atomic E-state index is 0.855. The smallest absolute Gasteiger partial charge is 0.0265 e. The monoisotopic (exact) mass is 497 g/mol. The van der Waals surface area contributed by atoms with E-state index in [1.54, 1.807) is 0 Å². The van der Waals surface area contributed by atoms with Gasteiger partial charge in [-0.05, 0) is 76.0 Å². The van der Waals surface area contributed by atoms with E-state index in [0.29, 0.717) is 0 Å².